The average molecular weight is 1780 g/mol. The molecule has 8 aliphatic rings. The Morgan fingerprint density at radius 2 is 0.479 bits per heavy atom. The summed E-state index contributed by atoms with van der Waals surface area (Å²) in [4.78, 5) is 38.6. The summed E-state index contributed by atoms with van der Waals surface area (Å²) in [6.45, 7) is 0. The van der Waals surface area contributed by atoms with E-state index in [2.05, 4.69) is 353 Å². The predicted octanol–water partition coefficient (Wildman–Crippen LogP) is 29.3. The zero-order valence-corrected chi connectivity index (χ0v) is 75.7. The Balaban J connectivity index is 0.0000000829. The van der Waals surface area contributed by atoms with Crippen LogP contribution in [0, 0.1) is 0 Å². The number of hydrogen-bond donors (Lipinski definition) is 0. The number of para-hydroxylation sites is 8. The summed E-state index contributed by atoms with van der Waals surface area (Å²) < 4.78 is 9.29. The molecule has 0 N–H and O–H groups in total. The first-order valence-corrected chi connectivity index (χ1v) is 48.7. The van der Waals surface area contributed by atoms with E-state index in [0.29, 0.717) is 0 Å². The maximum Gasteiger partial charge on any atom is 0.146 e. The molecule has 28 aromatic rings. The van der Waals surface area contributed by atoms with Crippen LogP contribution in [0.3, 0.4) is 0 Å². The summed E-state index contributed by atoms with van der Waals surface area (Å²) in [7, 11) is 0. The molecular formula is C128H76N12. The molecule has 36 rings (SSSR count). The molecule has 0 saturated heterocycles. The molecule has 0 fully saturated rings. The molecule has 16 aromatic carbocycles. The second-order valence-corrected chi connectivity index (χ2v) is 39.3. The van der Waals surface area contributed by atoms with Gasteiger partial charge in [-0.05, 0) is 342 Å². The smallest absolute Gasteiger partial charge is 0.146 e. The zero-order valence-electron chi connectivity index (χ0n) is 75.7. The van der Waals surface area contributed by atoms with Crippen LogP contribution in [0.1, 0.15) is 89.0 Å². The molecular weight excluding hydrogens is 1710 g/mol. The lowest BCUT2D eigenvalue weighted by Crippen LogP contribution is -1.95. The summed E-state index contributed by atoms with van der Waals surface area (Å²) in [5.41, 5.74) is 62.7. The van der Waals surface area contributed by atoms with Gasteiger partial charge in [-0.3, -0.25) is 37.5 Å². The summed E-state index contributed by atoms with van der Waals surface area (Å²) in [6, 6.07) is 115. The predicted molar refractivity (Wildman–Crippen MR) is 568 cm³/mol. The third-order valence-corrected chi connectivity index (χ3v) is 32.5. The number of hydrogen-bond acceptors (Lipinski definition) is 8. The van der Waals surface area contributed by atoms with Crippen LogP contribution in [0.5, 0.6) is 0 Å². The number of nitrogens with zero attached hydrogens (tertiary/aromatic N) is 12. The number of imidazole rings is 4. The maximum absolute atomic E-state index is 5.18. The van der Waals surface area contributed by atoms with E-state index < -0.39 is 0 Å². The first kappa shape index (κ1) is 75.3. The molecule has 140 heavy (non-hydrogen) atoms. The van der Waals surface area contributed by atoms with Crippen molar-refractivity contribution in [2.75, 3.05) is 0 Å². The molecule has 0 radical (unpaired) electrons. The largest absolute Gasteiger partial charge is 0.292 e. The Kier molecular flexibility index (Phi) is 15.0. The molecule has 12 heteroatoms. The van der Waals surface area contributed by atoms with Gasteiger partial charge in [0.2, 0.25) is 0 Å². The minimum absolute atomic E-state index is 0.933. The minimum atomic E-state index is 0.933. The van der Waals surface area contributed by atoms with Crippen LogP contribution in [-0.2, 0) is 51.4 Å². The molecule has 12 nitrogen and oxygen atoms in total. The van der Waals surface area contributed by atoms with Crippen molar-refractivity contribution in [3.8, 4) is 89.0 Å². The molecule has 12 heterocycles. The summed E-state index contributed by atoms with van der Waals surface area (Å²) in [6.07, 6.45) is 23.5. The Bertz CT molecular complexity index is 10700. The summed E-state index contributed by atoms with van der Waals surface area (Å²) in [5.74, 6) is 0. The first-order chi connectivity index (χ1) is 69.4. The Morgan fingerprint density at radius 1 is 0.164 bits per heavy atom. The van der Waals surface area contributed by atoms with E-state index in [9.17, 15) is 0 Å². The molecule has 12 aromatic heterocycles. The van der Waals surface area contributed by atoms with Crippen LogP contribution in [0.15, 0.2) is 365 Å². The monoisotopic (exact) mass is 1780 g/mol. The third-order valence-electron chi connectivity index (χ3n) is 32.5. The fourth-order valence-corrected chi connectivity index (χ4v) is 26.6. The van der Waals surface area contributed by atoms with E-state index in [1.54, 1.807) is 0 Å². The third kappa shape index (κ3) is 10.2. The molecule has 0 bridgehead atoms. The SMILES string of the molecule is c1ccc2c(c1)Cc1c-2ccc2c1Cc1c-2ccc2c3cnccc3n3c4ccccc4nc3c12.c1ccc2c(c1)Cc1cc3c(cc1-2)-c1ccc2c4cnccc4n4c5ccccc5nc4c2c1C3.c1ccc2c(c1)Cc1ccc3c(c1-2)-c1ccc2c4cnccc4n4c5ccccc5nc4c2c1C3.c1ccc2c(c1)Cc1ccc3c(c1-2)Cc1cc2c(cc1-3)c1cnccc1n1c3ccccc3nc21. The van der Waals surface area contributed by atoms with E-state index >= 15 is 0 Å². The van der Waals surface area contributed by atoms with Gasteiger partial charge >= 0.3 is 0 Å². The van der Waals surface area contributed by atoms with Gasteiger partial charge in [-0.1, -0.05) is 224 Å². The lowest BCUT2D eigenvalue weighted by molar-refractivity contribution is 1.17. The first-order valence-electron chi connectivity index (χ1n) is 48.7. The number of benzene rings is 16. The van der Waals surface area contributed by atoms with Gasteiger partial charge in [-0.2, -0.15) is 0 Å². The van der Waals surface area contributed by atoms with Crippen molar-refractivity contribution in [3.63, 3.8) is 0 Å². The van der Waals surface area contributed by atoms with E-state index in [0.717, 1.165) is 140 Å². The summed E-state index contributed by atoms with van der Waals surface area (Å²) >= 11 is 0. The maximum atomic E-state index is 5.18. The van der Waals surface area contributed by atoms with Gasteiger partial charge in [0.05, 0.1) is 66.2 Å². The highest BCUT2D eigenvalue weighted by Gasteiger charge is 2.37. The van der Waals surface area contributed by atoms with E-state index in [1.807, 2.05) is 49.6 Å². The van der Waals surface area contributed by atoms with Gasteiger partial charge in [0.1, 0.15) is 22.6 Å². The number of aromatic nitrogens is 12. The molecule has 0 aliphatic heterocycles. The number of rotatable bonds is 0. The van der Waals surface area contributed by atoms with Crippen LogP contribution in [0.25, 0.3) is 242 Å². The molecule has 648 valence electrons. The number of pyridine rings is 8. The molecule has 0 unspecified atom stereocenters. The van der Waals surface area contributed by atoms with Crippen molar-refractivity contribution < 1.29 is 0 Å². The molecule has 8 aliphatic carbocycles. The van der Waals surface area contributed by atoms with E-state index in [1.165, 1.54) is 243 Å². The van der Waals surface area contributed by atoms with Gasteiger partial charge in [0, 0.05) is 92.7 Å². The van der Waals surface area contributed by atoms with E-state index in [4.69, 9.17) is 19.9 Å². The standard InChI is InChI=1S/4C32H19N3/c1-2-6-21-18(5-1)13-19-14-20-15-26-22(25(20)16-24(19)21)9-10-23-27-17-33-12-11-29(27)35-30-8-4-3-7-28(30)34-32(35)31(23)26;1-2-6-21-18(5-1)13-19-9-10-22-23-16-24-26(15-20(23)14-25(22)31(19)21)32-34-28-7-3-4-8-30(28)35(32)29-11-12-33-17-27(24)29;1-2-6-21-18(5-1)15-19-9-10-20-16-24-22(30(20)29(19)21)11-12-23-25-17-33-14-13-27(25)35-28-8-4-3-7-26(28)34-32(35)31(23)24;1-2-6-19-18(5-1)15-24-20(19)9-10-21-22-11-12-23-27-17-33-14-13-29(27)35-30-8-4-3-7-28(30)34-32(35)31(23)26(22)16-25(21)24/h1-12,14,16-17H,13,15H2;1-12,15-17H,13-14H2;2*1-14,17H,15-16H2. The van der Waals surface area contributed by atoms with E-state index in [-0.39, 0.29) is 0 Å². The van der Waals surface area contributed by atoms with Gasteiger partial charge in [0.15, 0.2) is 0 Å². The zero-order chi connectivity index (χ0) is 90.7. The highest BCUT2D eigenvalue weighted by Crippen LogP contribution is 2.57. The van der Waals surface area contributed by atoms with Crippen LogP contribution >= 0.6 is 0 Å². The highest BCUT2D eigenvalue weighted by molar-refractivity contribution is 6.22. The normalized spacial score (nSPS) is 13.5. The second kappa shape index (κ2) is 27.9. The van der Waals surface area contributed by atoms with Crippen LogP contribution < -0.4 is 0 Å². The van der Waals surface area contributed by atoms with Crippen molar-refractivity contribution in [2.45, 2.75) is 51.4 Å². The fourth-order valence-electron chi connectivity index (χ4n) is 26.6. The van der Waals surface area contributed by atoms with Gasteiger partial charge in [-0.15, -0.1) is 0 Å². The molecule has 0 atom stereocenters. The fraction of sp³-hybridized carbons (Fsp3) is 0.0625. The topological polar surface area (TPSA) is 121 Å². The highest BCUT2D eigenvalue weighted by atomic mass is 15.0. The van der Waals surface area contributed by atoms with Crippen molar-refractivity contribution in [1.29, 1.82) is 0 Å². The van der Waals surface area contributed by atoms with Crippen molar-refractivity contribution >= 4 is 153 Å². The van der Waals surface area contributed by atoms with Gasteiger partial charge in [-0.25, -0.2) is 19.9 Å². The van der Waals surface area contributed by atoms with Gasteiger partial charge < -0.3 is 0 Å². The van der Waals surface area contributed by atoms with Crippen LogP contribution in [0.2, 0.25) is 0 Å². The Labute approximate surface area is 799 Å². The van der Waals surface area contributed by atoms with Gasteiger partial charge in [0.25, 0.3) is 0 Å². The van der Waals surface area contributed by atoms with Crippen LogP contribution in [0.4, 0.5) is 0 Å². The second-order valence-electron chi connectivity index (χ2n) is 39.3. The minimum Gasteiger partial charge on any atom is -0.292 e. The molecule has 0 spiro atoms. The lowest BCUT2D eigenvalue weighted by atomic mass is 9.92. The van der Waals surface area contributed by atoms with Crippen LogP contribution in [-0.4, -0.2) is 57.5 Å². The summed E-state index contributed by atoms with van der Waals surface area (Å²) in [5, 5.41) is 14.6. The Hall–Kier alpha value is -18.0. The lowest BCUT2D eigenvalue weighted by Gasteiger charge is -2.13. The van der Waals surface area contributed by atoms with Crippen molar-refractivity contribution in [3.05, 3.63) is 454 Å². The molecule has 0 saturated carbocycles. The molecule has 0 amide bonds. The Morgan fingerprint density at radius 3 is 1.03 bits per heavy atom. The van der Waals surface area contributed by atoms with Crippen molar-refractivity contribution in [2.24, 2.45) is 0 Å². The number of fused-ring (bicyclic) bond motifs is 62. The average Bonchev–Trinajstić information content (AvgIpc) is 1.52. The quantitative estimate of drug-likeness (QED) is 0.138. The van der Waals surface area contributed by atoms with Crippen molar-refractivity contribution in [1.82, 2.24) is 57.5 Å².